The van der Waals surface area contributed by atoms with Crippen molar-refractivity contribution in [2.45, 2.75) is 0 Å². The monoisotopic (exact) mass is 224 g/mol. The lowest BCUT2D eigenvalue weighted by molar-refractivity contribution is 1.07. The first kappa shape index (κ1) is 9.65. The first-order valence-corrected chi connectivity index (χ1v) is 5.10. The van der Waals surface area contributed by atoms with E-state index in [0.29, 0.717) is 11.4 Å². The molecule has 17 heavy (non-hydrogen) atoms. The highest BCUT2D eigenvalue weighted by molar-refractivity contribution is 5.76. The summed E-state index contributed by atoms with van der Waals surface area (Å²) in [5, 5.41) is 0. The molecule has 82 valence electrons. The average molecular weight is 224 g/mol. The van der Waals surface area contributed by atoms with E-state index >= 15 is 0 Å². The summed E-state index contributed by atoms with van der Waals surface area (Å²) in [7, 11) is 0. The summed E-state index contributed by atoms with van der Waals surface area (Å²) in [6, 6.07) is 9.27. The fraction of sp³-hybridized carbons (Fsp3) is 0. The molecule has 0 saturated carbocycles. The van der Waals surface area contributed by atoms with Crippen molar-refractivity contribution in [2.24, 2.45) is 0 Å². The Balaban J connectivity index is 2.21. The predicted molar refractivity (Wildman–Crippen MR) is 63.4 cm³/mol. The van der Waals surface area contributed by atoms with Crippen molar-refractivity contribution in [3.8, 4) is 11.4 Å². The number of fused-ring (bicyclic) bond motifs is 1. The topological polar surface area (TPSA) is 71.5 Å². The summed E-state index contributed by atoms with van der Waals surface area (Å²) >= 11 is 0. The van der Waals surface area contributed by atoms with Gasteiger partial charge in [0, 0.05) is 6.20 Å². The van der Waals surface area contributed by atoms with Gasteiger partial charge in [-0.1, -0.05) is 12.1 Å². The molecule has 5 heteroatoms. The summed E-state index contributed by atoms with van der Waals surface area (Å²) in [6.07, 6.45) is 3.08. The lowest BCUT2D eigenvalue weighted by Crippen LogP contribution is -2.09. The Kier molecular flexibility index (Phi) is 2.15. The van der Waals surface area contributed by atoms with E-state index in [-0.39, 0.29) is 0 Å². The van der Waals surface area contributed by atoms with Crippen molar-refractivity contribution in [3.63, 3.8) is 0 Å². The highest BCUT2D eigenvalue weighted by Gasteiger charge is 2.02. The second-order valence-electron chi connectivity index (χ2n) is 3.53. The van der Waals surface area contributed by atoms with Gasteiger partial charge in [-0.2, -0.15) is 0 Å². The van der Waals surface area contributed by atoms with E-state index in [1.54, 1.807) is 12.3 Å². The quantitative estimate of drug-likeness (QED) is 0.677. The summed E-state index contributed by atoms with van der Waals surface area (Å²) in [4.78, 5) is 26.0. The zero-order valence-corrected chi connectivity index (χ0v) is 8.79. The number of benzene rings is 1. The largest absolute Gasteiger partial charge is 0.345 e. The molecule has 5 nitrogen and oxygen atoms in total. The van der Waals surface area contributed by atoms with Gasteiger partial charge >= 0.3 is 5.69 Å². The van der Waals surface area contributed by atoms with Crippen LogP contribution in [-0.2, 0) is 0 Å². The predicted octanol–water partition coefficient (Wildman–Crippen LogP) is 1.38. The molecular formula is C12H8N4O. The third-order valence-electron chi connectivity index (χ3n) is 2.40. The van der Waals surface area contributed by atoms with Crippen LogP contribution in [0.4, 0.5) is 0 Å². The van der Waals surface area contributed by atoms with Crippen LogP contribution in [0.1, 0.15) is 0 Å². The van der Waals surface area contributed by atoms with Crippen LogP contribution in [0.15, 0.2) is 47.5 Å². The third-order valence-corrected chi connectivity index (χ3v) is 2.40. The maximum absolute atomic E-state index is 11.1. The minimum Gasteiger partial charge on any atom is -0.304 e. The number of rotatable bonds is 1. The Labute approximate surface area is 96.2 Å². The molecule has 2 aromatic heterocycles. The molecule has 0 radical (unpaired) electrons. The first-order chi connectivity index (χ1) is 8.33. The van der Waals surface area contributed by atoms with Gasteiger partial charge in [-0.15, -0.1) is 0 Å². The molecule has 0 saturated heterocycles. The number of nitrogens with zero attached hydrogens (tertiary/aromatic N) is 3. The third kappa shape index (κ3) is 1.78. The molecule has 2 heterocycles. The van der Waals surface area contributed by atoms with Crippen LogP contribution in [0.25, 0.3) is 22.4 Å². The van der Waals surface area contributed by atoms with E-state index in [0.717, 1.165) is 11.0 Å². The highest BCUT2D eigenvalue weighted by atomic mass is 16.1. The SMILES string of the molecule is O=c1nccc(-c2cnc3ccccc3n2)[nH]1. The van der Waals surface area contributed by atoms with Crippen molar-refractivity contribution >= 4 is 11.0 Å². The fourth-order valence-electron chi connectivity index (χ4n) is 1.61. The van der Waals surface area contributed by atoms with Crippen molar-refractivity contribution in [3.05, 3.63) is 53.2 Å². The van der Waals surface area contributed by atoms with Gasteiger partial charge in [-0.25, -0.2) is 14.8 Å². The molecule has 0 aliphatic rings. The molecular weight excluding hydrogens is 216 g/mol. The smallest absolute Gasteiger partial charge is 0.304 e. The van der Waals surface area contributed by atoms with Crippen LogP contribution in [-0.4, -0.2) is 19.9 Å². The normalized spacial score (nSPS) is 10.6. The lowest BCUT2D eigenvalue weighted by atomic mass is 10.2. The van der Waals surface area contributed by atoms with Crippen LogP contribution in [0, 0.1) is 0 Å². The van der Waals surface area contributed by atoms with Crippen LogP contribution < -0.4 is 5.69 Å². The zero-order valence-electron chi connectivity index (χ0n) is 8.79. The van der Waals surface area contributed by atoms with Crippen molar-refractivity contribution in [2.75, 3.05) is 0 Å². The fourth-order valence-corrected chi connectivity index (χ4v) is 1.61. The van der Waals surface area contributed by atoms with E-state index in [9.17, 15) is 4.79 Å². The average Bonchev–Trinajstić information content (AvgIpc) is 2.38. The number of H-pyrrole nitrogens is 1. The minimum absolute atomic E-state index is 0.391. The van der Waals surface area contributed by atoms with Crippen LogP contribution >= 0.6 is 0 Å². The van der Waals surface area contributed by atoms with Crippen LogP contribution in [0.2, 0.25) is 0 Å². The van der Waals surface area contributed by atoms with Crippen LogP contribution in [0.3, 0.4) is 0 Å². The van der Waals surface area contributed by atoms with Gasteiger partial charge in [0.2, 0.25) is 0 Å². The van der Waals surface area contributed by atoms with Crippen molar-refractivity contribution in [1.29, 1.82) is 0 Å². The molecule has 3 aromatic rings. The number of aromatic nitrogens is 4. The van der Waals surface area contributed by atoms with E-state index in [1.165, 1.54) is 6.20 Å². The molecule has 0 spiro atoms. The molecule has 0 amide bonds. The number of nitrogens with one attached hydrogen (secondary N) is 1. The summed E-state index contributed by atoms with van der Waals surface area (Å²) in [6.45, 7) is 0. The van der Waals surface area contributed by atoms with Gasteiger partial charge in [-0.3, -0.25) is 4.98 Å². The van der Waals surface area contributed by atoms with Gasteiger partial charge < -0.3 is 4.98 Å². The van der Waals surface area contributed by atoms with E-state index in [1.807, 2.05) is 24.3 Å². The van der Waals surface area contributed by atoms with Gasteiger partial charge in [0.25, 0.3) is 0 Å². The number of hydrogen-bond acceptors (Lipinski definition) is 4. The molecule has 0 aliphatic heterocycles. The van der Waals surface area contributed by atoms with Crippen molar-refractivity contribution < 1.29 is 0 Å². The van der Waals surface area contributed by atoms with E-state index in [4.69, 9.17) is 0 Å². The molecule has 0 unspecified atom stereocenters. The van der Waals surface area contributed by atoms with Gasteiger partial charge in [0.05, 0.1) is 22.9 Å². The second kappa shape index (κ2) is 3.79. The molecule has 1 aromatic carbocycles. The first-order valence-electron chi connectivity index (χ1n) is 5.10. The zero-order chi connectivity index (χ0) is 11.7. The Morgan fingerprint density at radius 1 is 1.00 bits per heavy atom. The number of hydrogen-bond donors (Lipinski definition) is 1. The second-order valence-corrected chi connectivity index (χ2v) is 3.53. The van der Waals surface area contributed by atoms with E-state index < -0.39 is 5.69 Å². The number of para-hydroxylation sites is 2. The van der Waals surface area contributed by atoms with Gasteiger partial charge in [-0.05, 0) is 18.2 Å². The summed E-state index contributed by atoms with van der Waals surface area (Å²) in [5.74, 6) is 0. The van der Waals surface area contributed by atoms with Gasteiger partial charge in [0.15, 0.2) is 0 Å². The van der Waals surface area contributed by atoms with E-state index in [2.05, 4.69) is 19.9 Å². The highest BCUT2D eigenvalue weighted by Crippen LogP contribution is 2.15. The van der Waals surface area contributed by atoms with Crippen molar-refractivity contribution in [1.82, 2.24) is 19.9 Å². The lowest BCUT2D eigenvalue weighted by Gasteiger charge is -2.01. The Hall–Kier alpha value is -2.56. The minimum atomic E-state index is -0.391. The number of aromatic amines is 1. The molecule has 0 bridgehead atoms. The molecule has 0 atom stereocenters. The molecule has 0 fully saturated rings. The maximum Gasteiger partial charge on any atom is 0.345 e. The maximum atomic E-state index is 11.1. The Morgan fingerprint density at radius 3 is 2.65 bits per heavy atom. The standard InChI is InChI=1S/C12H8N4O/c17-12-13-6-5-10(16-12)11-7-14-8-3-1-2-4-9(8)15-11/h1-7H,(H,13,16,17). The Morgan fingerprint density at radius 2 is 1.82 bits per heavy atom. The molecule has 0 aliphatic carbocycles. The molecule has 1 N–H and O–H groups in total. The summed E-state index contributed by atoms with van der Waals surface area (Å²) < 4.78 is 0. The molecule has 3 rings (SSSR count). The Bertz CT molecular complexity index is 735. The summed E-state index contributed by atoms with van der Waals surface area (Å²) in [5.41, 5.74) is 2.47. The van der Waals surface area contributed by atoms with Crippen LogP contribution in [0.5, 0.6) is 0 Å². The van der Waals surface area contributed by atoms with Gasteiger partial charge in [0.1, 0.15) is 5.69 Å².